The number of aryl methyl sites for hydroxylation is 1. The fourth-order valence-corrected chi connectivity index (χ4v) is 3.21. The molecule has 16 heavy (non-hydrogen) atoms. The average molecular weight is 220 g/mol. The molecule has 1 aromatic carbocycles. The van der Waals surface area contributed by atoms with E-state index < -0.39 is 0 Å². The fraction of sp³-hybridized carbons (Fsp3) is 0.538. The molecule has 1 aliphatic carbocycles. The third-order valence-corrected chi connectivity index (χ3v) is 3.99. The van der Waals surface area contributed by atoms with Crippen molar-refractivity contribution in [2.75, 3.05) is 12.3 Å². The van der Waals surface area contributed by atoms with Gasteiger partial charge >= 0.3 is 0 Å². The lowest BCUT2D eigenvalue weighted by atomic mass is 9.75. The summed E-state index contributed by atoms with van der Waals surface area (Å²) in [5, 5.41) is 1.04. The van der Waals surface area contributed by atoms with Gasteiger partial charge in [-0.05, 0) is 48.9 Å². The Bertz CT molecular complexity index is 405. The van der Waals surface area contributed by atoms with Crippen LogP contribution in [0, 0.1) is 0 Å². The molecule has 2 atom stereocenters. The summed E-state index contributed by atoms with van der Waals surface area (Å²) in [7, 11) is 0. The minimum absolute atomic E-state index is 0.0862. The van der Waals surface area contributed by atoms with Gasteiger partial charge in [0, 0.05) is 24.2 Å². The third-order valence-electron chi connectivity index (χ3n) is 3.99. The SMILES string of the molecule is Nc1ccc2c(c1)[C@H]1CCCN(F)[C@H]1CC2. The first-order valence-corrected chi connectivity index (χ1v) is 6.06. The second kappa shape index (κ2) is 3.74. The van der Waals surface area contributed by atoms with Crippen LogP contribution in [0.15, 0.2) is 18.2 Å². The number of nitrogens with zero attached hydrogens (tertiary/aromatic N) is 1. The molecule has 0 amide bonds. The summed E-state index contributed by atoms with van der Waals surface area (Å²) in [5.41, 5.74) is 9.29. The van der Waals surface area contributed by atoms with Crippen LogP contribution in [0.2, 0.25) is 0 Å². The first-order valence-electron chi connectivity index (χ1n) is 6.06. The van der Waals surface area contributed by atoms with Crippen molar-refractivity contribution in [1.82, 2.24) is 5.12 Å². The molecule has 0 bridgehead atoms. The predicted molar refractivity (Wildman–Crippen MR) is 62.8 cm³/mol. The first kappa shape index (κ1) is 10.1. The number of rotatable bonds is 0. The summed E-state index contributed by atoms with van der Waals surface area (Å²) in [6.07, 6.45) is 3.97. The highest BCUT2D eigenvalue weighted by Crippen LogP contribution is 2.41. The molecular formula is C13H17FN2. The van der Waals surface area contributed by atoms with Crippen LogP contribution in [-0.2, 0) is 6.42 Å². The van der Waals surface area contributed by atoms with E-state index in [0.717, 1.165) is 36.5 Å². The smallest absolute Gasteiger partial charge is 0.0474 e. The molecule has 0 radical (unpaired) electrons. The van der Waals surface area contributed by atoms with Crippen LogP contribution < -0.4 is 5.73 Å². The van der Waals surface area contributed by atoms with E-state index in [1.807, 2.05) is 12.1 Å². The van der Waals surface area contributed by atoms with Gasteiger partial charge in [0.15, 0.2) is 0 Å². The maximum absolute atomic E-state index is 13.7. The van der Waals surface area contributed by atoms with Crippen molar-refractivity contribution in [2.24, 2.45) is 0 Å². The lowest BCUT2D eigenvalue weighted by Crippen LogP contribution is -2.41. The number of hydrogen-bond donors (Lipinski definition) is 1. The van der Waals surface area contributed by atoms with Gasteiger partial charge in [-0.25, -0.2) is 0 Å². The van der Waals surface area contributed by atoms with Crippen LogP contribution in [0.5, 0.6) is 0 Å². The highest BCUT2D eigenvalue weighted by molar-refractivity contribution is 5.47. The topological polar surface area (TPSA) is 29.3 Å². The number of nitrogen functional groups attached to an aromatic ring is 1. The molecule has 1 aliphatic heterocycles. The molecule has 2 N–H and O–H groups in total. The number of fused-ring (bicyclic) bond motifs is 3. The van der Waals surface area contributed by atoms with E-state index in [2.05, 4.69) is 6.07 Å². The summed E-state index contributed by atoms with van der Waals surface area (Å²) in [6.45, 7) is 0.596. The zero-order valence-corrected chi connectivity index (χ0v) is 9.32. The van der Waals surface area contributed by atoms with Crippen molar-refractivity contribution in [3.63, 3.8) is 0 Å². The fourth-order valence-electron chi connectivity index (χ4n) is 3.21. The Balaban J connectivity index is 2.01. The maximum atomic E-state index is 13.7. The van der Waals surface area contributed by atoms with Crippen LogP contribution in [-0.4, -0.2) is 17.7 Å². The second-order valence-electron chi connectivity index (χ2n) is 4.94. The summed E-state index contributed by atoms with van der Waals surface area (Å²) in [5.74, 6) is 0.353. The Morgan fingerprint density at radius 1 is 1.31 bits per heavy atom. The van der Waals surface area contributed by atoms with Crippen molar-refractivity contribution in [2.45, 2.75) is 37.6 Å². The zero-order chi connectivity index (χ0) is 11.1. The van der Waals surface area contributed by atoms with Crippen LogP contribution in [0.4, 0.5) is 10.2 Å². The van der Waals surface area contributed by atoms with Crippen LogP contribution in [0.3, 0.4) is 0 Å². The number of benzene rings is 1. The molecule has 2 aliphatic rings. The van der Waals surface area contributed by atoms with E-state index in [9.17, 15) is 4.48 Å². The number of hydrogen-bond acceptors (Lipinski definition) is 2. The summed E-state index contributed by atoms with van der Waals surface area (Å²) in [6, 6.07) is 6.20. The third kappa shape index (κ3) is 1.50. The zero-order valence-electron chi connectivity index (χ0n) is 9.32. The molecule has 1 heterocycles. The van der Waals surface area contributed by atoms with E-state index in [1.54, 1.807) is 0 Å². The van der Waals surface area contributed by atoms with Gasteiger partial charge in [-0.15, -0.1) is 9.60 Å². The lowest BCUT2D eigenvalue weighted by molar-refractivity contribution is -0.0598. The number of piperidine rings is 1. The van der Waals surface area contributed by atoms with E-state index in [4.69, 9.17) is 5.73 Å². The number of nitrogens with two attached hydrogens (primary N) is 1. The highest BCUT2D eigenvalue weighted by atomic mass is 19.2. The molecular weight excluding hydrogens is 203 g/mol. The van der Waals surface area contributed by atoms with E-state index in [0.29, 0.717) is 12.5 Å². The lowest BCUT2D eigenvalue weighted by Gasteiger charge is -2.40. The molecule has 3 rings (SSSR count). The quantitative estimate of drug-likeness (QED) is 0.538. The molecule has 0 aromatic heterocycles. The molecule has 3 heteroatoms. The van der Waals surface area contributed by atoms with Gasteiger partial charge in [-0.1, -0.05) is 6.07 Å². The monoisotopic (exact) mass is 220 g/mol. The largest absolute Gasteiger partial charge is 0.399 e. The van der Waals surface area contributed by atoms with Gasteiger partial charge in [0.2, 0.25) is 0 Å². The van der Waals surface area contributed by atoms with Crippen molar-refractivity contribution in [1.29, 1.82) is 0 Å². The van der Waals surface area contributed by atoms with Gasteiger partial charge in [-0.3, -0.25) is 0 Å². The van der Waals surface area contributed by atoms with Crippen molar-refractivity contribution >= 4 is 5.69 Å². The number of halogens is 1. The predicted octanol–water partition coefficient (Wildman–Crippen LogP) is 2.65. The second-order valence-corrected chi connectivity index (χ2v) is 4.94. The Morgan fingerprint density at radius 3 is 3.06 bits per heavy atom. The normalized spacial score (nSPS) is 29.6. The van der Waals surface area contributed by atoms with Gasteiger partial charge in [0.25, 0.3) is 0 Å². The van der Waals surface area contributed by atoms with Gasteiger partial charge in [0.1, 0.15) is 0 Å². The average Bonchev–Trinajstić information content (AvgIpc) is 2.29. The summed E-state index contributed by atoms with van der Waals surface area (Å²) < 4.78 is 13.7. The minimum atomic E-state index is 0.0862. The molecule has 0 unspecified atom stereocenters. The Hall–Kier alpha value is -1.09. The van der Waals surface area contributed by atoms with Crippen LogP contribution in [0.1, 0.15) is 36.3 Å². The minimum Gasteiger partial charge on any atom is -0.399 e. The van der Waals surface area contributed by atoms with E-state index in [1.165, 1.54) is 11.1 Å². The van der Waals surface area contributed by atoms with E-state index in [-0.39, 0.29) is 6.04 Å². The van der Waals surface area contributed by atoms with Gasteiger partial charge < -0.3 is 5.73 Å². The Kier molecular flexibility index (Phi) is 2.36. The summed E-state index contributed by atoms with van der Waals surface area (Å²) >= 11 is 0. The standard InChI is InChI=1S/C13H17FN2/c14-16-7-1-2-11-12-8-10(15)5-3-9(12)4-6-13(11)16/h3,5,8,11,13H,1-2,4,6-7,15H2/t11-,13+/m1/s1. The van der Waals surface area contributed by atoms with Gasteiger partial charge in [0.05, 0.1) is 0 Å². The highest BCUT2D eigenvalue weighted by Gasteiger charge is 2.36. The Morgan fingerprint density at radius 2 is 2.19 bits per heavy atom. The molecule has 1 saturated heterocycles. The van der Waals surface area contributed by atoms with Crippen LogP contribution in [0.25, 0.3) is 0 Å². The number of anilines is 1. The van der Waals surface area contributed by atoms with Crippen molar-refractivity contribution in [3.05, 3.63) is 29.3 Å². The van der Waals surface area contributed by atoms with Crippen LogP contribution >= 0.6 is 0 Å². The maximum Gasteiger partial charge on any atom is 0.0474 e. The molecule has 0 spiro atoms. The van der Waals surface area contributed by atoms with Crippen molar-refractivity contribution < 1.29 is 4.48 Å². The molecule has 1 aromatic rings. The van der Waals surface area contributed by atoms with Crippen molar-refractivity contribution in [3.8, 4) is 0 Å². The molecule has 1 fully saturated rings. The Labute approximate surface area is 95.2 Å². The molecule has 86 valence electrons. The first-order chi connectivity index (χ1) is 7.75. The molecule has 2 nitrogen and oxygen atoms in total. The molecule has 0 saturated carbocycles. The van der Waals surface area contributed by atoms with Gasteiger partial charge in [-0.2, -0.15) is 0 Å². The summed E-state index contributed by atoms with van der Waals surface area (Å²) in [4.78, 5) is 0. The van der Waals surface area contributed by atoms with E-state index >= 15 is 0 Å².